The molecule has 0 bridgehead atoms. The van der Waals surface area contributed by atoms with E-state index in [2.05, 4.69) is 4.98 Å². The predicted octanol–water partition coefficient (Wildman–Crippen LogP) is 0.995. The molecule has 0 amide bonds. The molecule has 1 aromatic carbocycles. The molecule has 4 nitrogen and oxygen atoms in total. The van der Waals surface area contributed by atoms with Crippen LogP contribution in [-0.4, -0.2) is 17.0 Å². The first kappa shape index (κ1) is 9.73. The van der Waals surface area contributed by atoms with Gasteiger partial charge in [-0.3, -0.25) is 0 Å². The van der Waals surface area contributed by atoms with Crippen LogP contribution in [0.5, 0.6) is 0 Å². The second-order valence-corrected chi connectivity index (χ2v) is 3.49. The highest BCUT2D eigenvalue weighted by Crippen LogP contribution is 2.18. The fourth-order valence-electron chi connectivity index (χ4n) is 1.62. The van der Waals surface area contributed by atoms with Crippen molar-refractivity contribution in [2.75, 3.05) is 0 Å². The topological polar surface area (TPSA) is 78.8 Å². The number of carbonyl (C=O) groups excluding carboxylic acids is 1. The third-order valence-corrected chi connectivity index (χ3v) is 2.42. The minimum absolute atomic E-state index is 0.284. The maximum atomic E-state index is 10.5. The quantitative estimate of drug-likeness (QED) is 0.780. The van der Waals surface area contributed by atoms with Crippen LogP contribution in [0.1, 0.15) is 5.56 Å². The van der Waals surface area contributed by atoms with Crippen LogP contribution >= 0.6 is 0 Å². The number of benzene rings is 1. The maximum Gasteiger partial charge on any atom is 0.372 e. The Hall–Kier alpha value is -1.81. The highest BCUT2D eigenvalue weighted by molar-refractivity contribution is 5.84. The molecule has 1 aromatic heterocycles. The van der Waals surface area contributed by atoms with Gasteiger partial charge in [0.05, 0.1) is 0 Å². The summed E-state index contributed by atoms with van der Waals surface area (Å²) in [5, 5.41) is 11.5. The zero-order chi connectivity index (χ0) is 10.8. The third kappa shape index (κ3) is 1.85. The lowest BCUT2D eigenvalue weighted by atomic mass is 10.1. The number of nitrogens with two attached hydrogens (primary N) is 1. The number of fused-ring (bicyclic) bond motifs is 1. The molecule has 3 N–H and O–H groups in total. The van der Waals surface area contributed by atoms with Crippen molar-refractivity contribution in [2.45, 2.75) is 12.5 Å². The summed E-state index contributed by atoms with van der Waals surface area (Å²) in [6, 6.07) is 6.74. The molecule has 0 fully saturated rings. The summed E-state index contributed by atoms with van der Waals surface area (Å²) in [5.74, 6) is -1.22. The van der Waals surface area contributed by atoms with Gasteiger partial charge in [0.15, 0.2) is 0 Å². The van der Waals surface area contributed by atoms with Gasteiger partial charge in [0.25, 0.3) is 0 Å². The third-order valence-electron chi connectivity index (χ3n) is 2.42. The molecule has 1 radical (unpaired) electrons. The van der Waals surface area contributed by atoms with Gasteiger partial charge in [-0.05, 0) is 11.6 Å². The first-order valence-electron chi connectivity index (χ1n) is 4.70. The van der Waals surface area contributed by atoms with Gasteiger partial charge >= 0.3 is 5.97 Å². The van der Waals surface area contributed by atoms with Crippen LogP contribution in [0, 0.1) is 0 Å². The summed E-state index contributed by atoms with van der Waals surface area (Å²) in [6.07, 6.45) is 2.07. The van der Waals surface area contributed by atoms with Crippen molar-refractivity contribution in [1.82, 2.24) is 4.98 Å². The van der Waals surface area contributed by atoms with Crippen LogP contribution < -0.4 is 5.73 Å². The van der Waals surface area contributed by atoms with E-state index in [1.165, 1.54) is 0 Å². The smallest absolute Gasteiger partial charge is 0.361 e. The summed E-state index contributed by atoms with van der Waals surface area (Å²) >= 11 is 0. The summed E-state index contributed by atoms with van der Waals surface area (Å²) < 4.78 is 0. The Balaban J connectivity index is 2.32. The molecule has 1 atom stereocenters. The van der Waals surface area contributed by atoms with E-state index in [4.69, 9.17) is 5.73 Å². The standard InChI is InChI=1S/C11H11N2O2/c12-9(11(14)15)5-7-6-13-10-4-2-1-3-8(7)10/h1-4,6,9,13H,5,12H2/t9-/m0/s1. The van der Waals surface area contributed by atoms with Gasteiger partial charge in [0.2, 0.25) is 0 Å². The van der Waals surface area contributed by atoms with Gasteiger partial charge < -0.3 is 10.7 Å². The largest absolute Gasteiger partial charge is 0.372 e. The van der Waals surface area contributed by atoms with Crippen molar-refractivity contribution < 1.29 is 9.90 Å². The van der Waals surface area contributed by atoms with E-state index in [0.717, 1.165) is 16.5 Å². The number of hydrogen-bond donors (Lipinski definition) is 2. The van der Waals surface area contributed by atoms with Crippen LogP contribution in [0.15, 0.2) is 30.5 Å². The number of para-hydroxylation sites is 1. The molecule has 4 heteroatoms. The highest BCUT2D eigenvalue weighted by Gasteiger charge is 2.16. The first-order valence-corrected chi connectivity index (χ1v) is 4.70. The molecule has 0 spiro atoms. The van der Waals surface area contributed by atoms with E-state index in [1.807, 2.05) is 24.3 Å². The predicted molar refractivity (Wildman–Crippen MR) is 55.7 cm³/mol. The number of carbonyl (C=O) groups is 1. The number of hydrogen-bond acceptors (Lipinski definition) is 2. The summed E-state index contributed by atoms with van der Waals surface area (Å²) in [7, 11) is 0. The van der Waals surface area contributed by atoms with Gasteiger partial charge in [0.1, 0.15) is 6.04 Å². The fourth-order valence-corrected chi connectivity index (χ4v) is 1.62. The molecule has 0 saturated heterocycles. The van der Waals surface area contributed by atoms with Gasteiger partial charge in [-0.25, -0.2) is 9.90 Å². The van der Waals surface area contributed by atoms with E-state index < -0.39 is 12.0 Å². The lowest BCUT2D eigenvalue weighted by molar-refractivity contribution is -0.144. The monoisotopic (exact) mass is 203 g/mol. The Morgan fingerprint density at radius 1 is 1.40 bits per heavy atom. The molecule has 77 valence electrons. The normalized spacial score (nSPS) is 12.9. The van der Waals surface area contributed by atoms with Crippen LogP contribution in [0.4, 0.5) is 0 Å². The van der Waals surface area contributed by atoms with Crippen molar-refractivity contribution in [3.63, 3.8) is 0 Å². The van der Waals surface area contributed by atoms with Crippen LogP contribution in [-0.2, 0) is 16.3 Å². The van der Waals surface area contributed by atoms with Crippen molar-refractivity contribution in [1.29, 1.82) is 0 Å². The number of aromatic amines is 1. The molecule has 2 aromatic rings. The van der Waals surface area contributed by atoms with Gasteiger partial charge in [-0.15, -0.1) is 0 Å². The number of nitrogens with one attached hydrogen (secondary N) is 1. The Labute approximate surface area is 86.7 Å². The average molecular weight is 203 g/mol. The molecule has 0 aliphatic rings. The Morgan fingerprint density at radius 2 is 2.13 bits per heavy atom. The molecule has 0 unspecified atom stereocenters. The Bertz CT molecular complexity index is 490. The second-order valence-electron chi connectivity index (χ2n) is 3.49. The van der Waals surface area contributed by atoms with Crippen LogP contribution in [0.2, 0.25) is 0 Å². The number of aromatic nitrogens is 1. The van der Waals surface area contributed by atoms with Crippen LogP contribution in [0.25, 0.3) is 10.9 Å². The summed E-state index contributed by atoms with van der Waals surface area (Å²) in [6.45, 7) is 0. The molecular formula is C11H11N2O2. The molecule has 1 heterocycles. The lowest BCUT2D eigenvalue weighted by Gasteiger charge is -2.02. The van der Waals surface area contributed by atoms with Crippen molar-refractivity contribution in [3.05, 3.63) is 36.0 Å². The lowest BCUT2D eigenvalue weighted by Crippen LogP contribution is -2.31. The summed E-state index contributed by atoms with van der Waals surface area (Å²) in [5.41, 5.74) is 7.31. The molecule has 0 aliphatic carbocycles. The molecule has 15 heavy (non-hydrogen) atoms. The highest BCUT2D eigenvalue weighted by atomic mass is 16.4. The first-order chi connectivity index (χ1) is 7.18. The van der Waals surface area contributed by atoms with Gasteiger partial charge in [0, 0.05) is 23.5 Å². The van der Waals surface area contributed by atoms with E-state index in [9.17, 15) is 9.90 Å². The van der Waals surface area contributed by atoms with Gasteiger partial charge in [-0.1, -0.05) is 18.2 Å². The summed E-state index contributed by atoms with van der Waals surface area (Å²) in [4.78, 5) is 13.6. The fraction of sp³-hybridized carbons (Fsp3) is 0.182. The van der Waals surface area contributed by atoms with Crippen molar-refractivity contribution in [3.8, 4) is 0 Å². The van der Waals surface area contributed by atoms with E-state index in [-0.39, 0.29) is 6.42 Å². The molecule has 2 rings (SSSR count). The van der Waals surface area contributed by atoms with Crippen LogP contribution in [0.3, 0.4) is 0 Å². The van der Waals surface area contributed by atoms with E-state index >= 15 is 0 Å². The number of rotatable bonds is 3. The Kier molecular flexibility index (Phi) is 2.43. The molecular weight excluding hydrogens is 192 g/mol. The van der Waals surface area contributed by atoms with E-state index in [0.29, 0.717) is 0 Å². The van der Waals surface area contributed by atoms with E-state index in [1.54, 1.807) is 6.20 Å². The molecule has 0 aliphatic heterocycles. The zero-order valence-corrected chi connectivity index (χ0v) is 8.07. The minimum Gasteiger partial charge on any atom is -0.361 e. The second kappa shape index (κ2) is 3.74. The van der Waals surface area contributed by atoms with Crippen molar-refractivity contribution >= 4 is 16.9 Å². The van der Waals surface area contributed by atoms with Gasteiger partial charge in [-0.2, -0.15) is 0 Å². The minimum atomic E-state index is -1.22. The maximum absolute atomic E-state index is 10.5. The number of H-pyrrole nitrogens is 1. The van der Waals surface area contributed by atoms with Crippen molar-refractivity contribution in [2.24, 2.45) is 5.73 Å². The zero-order valence-electron chi connectivity index (χ0n) is 8.07. The average Bonchev–Trinajstić information content (AvgIpc) is 2.62. The Morgan fingerprint density at radius 3 is 2.87 bits per heavy atom. The molecule has 0 saturated carbocycles. The SMILES string of the molecule is N[C@@H](Cc1c[nH]c2ccccc12)C([O])=O.